The van der Waals surface area contributed by atoms with E-state index in [1.165, 1.54) is 5.56 Å². The third-order valence-corrected chi connectivity index (χ3v) is 3.62. The minimum atomic E-state index is -0.591. The van der Waals surface area contributed by atoms with Crippen molar-refractivity contribution >= 4 is 11.6 Å². The van der Waals surface area contributed by atoms with Crippen LogP contribution in [0.15, 0.2) is 60.7 Å². The summed E-state index contributed by atoms with van der Waals surface area (Å²) in [6.45, 7) is 10.0. The van der Waals surface area contributed by atoms with Gasteiger partial charge in [0.1, 0.15) is 18.1 Å². The number of benzene rings is 2. The molecule has 0 radical (unpaired) electrons. The van der Waals surface area contributed by atoms with E-state index in [1.807, 2.05) is 43.3 Å². The molecule has 25 heavy (non-hydrogen) atoms. The first-order valence-corrected chi connectivity index (χ1v) is 8.41. The predicted octanol–water partition coefficient (Wildman–Crippen LogP) is 4.61. The van der Waals surface area contributed by atoms with Crippen molar-refractivity contribution in [2.75, 3.05) is 11.9 Å². The SMILES string of the molecule is C=C(C)COc1ccc(NC(=O)C(C)Oc2ccc(CC)cc2)cc1. The van der Waals surface area contributed by atoms with Gasteiger partial charge in [0.05, 0.1) is 0 Å². The molecule has 4 heteroatoms. The predicted molar refractivity (Wildman–Crippen MR) is 101 cm³/mol. The lowest BCUT2D eigenvalue weighted by Crippen LogP contribution is -2.30. The van der Waals surface area contributed by atoms with Crippen LogP contribution in [0.3, 0.4) is 0 Å². The molecule has 0 bridgehead atoms. The summed E-state index contributed by atoms with van der Waals surface area (Å²) in [6, 6.07) is 15.0. The molecule has 0 fully saturated rings. The number of carbonyl (C=O) groups excluding carboxylic acids is 1. The van der Waals surface area contributed by atoms with Crippen LogP contribution >= 0.6 is 0 Å². The molecule has 2 rings (SSSR count). The second kappa shape index (κ2) is 8.92. The molecule has 1 amide bonds. The molecule has 1 unspecified atom stereocenters. The minimum Gasteiger partial charge on any atom is -0.489 e. The zero-order chi connectivity index (χ0) is 18.2. The molecule has 2 aromatic carbocycles. The average Bonchev–Trinajstić information content (AvgIpc) is 2.61. The van der Waals surface area contributed by atoms with E-state index < -0.39 is 6.10 Å². The number of ether oxygens (including phenoxy) is 2. The van der Waals surface area contributed by atoms with Crippen molar-refractivity contribution in [2.24, 2.45) is 0 Å². The molecule has 0 spiro atoms. The van der Waals surface area contributed by atoms with Gasteiger partial charge in [-0.05, 0) is 67.8 Å². The van der Waals surface area contributed by atoms with E-state index in [1.54, 1.807) is 19.1 Å². The quantitative estimate of drug-likeness (QED) is 0.715. The Labute approximate surface area is 149 Å². The maximum absolute atomic E-state index is 12.3. The van der Waals surface area contributed by atoms with Crippen molar-refractivity contribution in [3.05, 3.63) is 66.2 Å². The Morgan fingerprint density at radius 2 is 1.68 bits per heavy atom. The van der Waals surface area contributed by atoms with Crippen LogP contribution < -0.4 is 14.8 Å². The first-order valence-electron chi connectivity index (χ1n) is 8.41. The van der Waals surface area contributed by atoms with Crippen molar-refractivity contribution in [1.82, 2.24) is 0 Å². The van der Waals surface area contributed by atoms with Crippen molar-refractivity contribution < 1.29 is 14.3 Å². The summed E-state index contributed by atoms with van der Waals surface area (Å²) in [6.07, 6.45) is 0.384. The molecule has 0 heterocycles. The smallest absolute Gasteiger partial charge is 0.265 e. The van der Waals surface area contributed by atoms with E-state index in [0.717, 1.165) is 17.7 Å². The maximum atomic E-state index is 12.3. The van der Waals surface area contributed by atoms with E-state index >= 15 is 0 Å². The summed E-state index contributed by atoms with van der Waals surface area (Å²) in [5.74, 6) is 1.22. The Balaban J connectivity index is 1.88. The van der Waals surface area contributed by atoms with Gasteiger partial charge in [0.15, 0.2) is 6.10 Å². The van der Waals surface area contributed by atoms with Gasteiger partial charge in [-0.3, -0.25) is 4.79 Å². The zero-order valence-corrected chi connectivity index (χ0v) is 15.0. The van der Waals surface area contributed by atoms with Gasteiger partial charge in [-0.25, -0.2) is 0 Å². The number of hydrogen-bond donors (Lipinski definition) is 1. The van der Waals surface area contributed by atoms with Crippen molar-refractivity contribution in [1.29, 1.82) is 0 Å². The number of amides is 1. The van der Waals surface area contributed by atoms with Gasteiger partial charge in [0.2, 0.25) is 0 Å². The molecule has 4 nitrogen and oxygen atoms in total. The monoisotopic (exact) mass is 339 g/mol. The highest BCUT2D eigenvalue weighted by Crippen LogP contribution is 2.18. The highest BCUT2D eigenvalue weighted by atomic mass is 16.5. The third-order valence-electron chi connectivity index (χ3n) is 3.62. The molecule has 0 aliphatic carbocycles. The second-order valence-electron chi connectivity index (χ2n) is 6.02. The van der Waals surface area contributed by atoms with Crippen LogP contribution in [0.5, 0.6) is 11.5 Å². The van der Waals surface area contributed by atoms with Gasteiger partial charge in [0, 0.05) is 5.69 Å². The summed E-state index contributed by atoms with van der Waals surface area (Å²) in [5.41, 5.74) is 2.89. The van der Waals surface area contributed by atoms with Crippen LogP contribution in [-0.4, -0.2) is 18.6 Å². The standard InChI is InChI=1S/C21H25NO3/c1-5-17-6-10-20(11-7-17)25-16(4)21(23)22-18-8-12-19(13-9-18)24-14-15(2)3/h6-13,16H,2,5,14H2,1,3-4H3,(H,22,23). The van der Waals surface area contributed by atoms with Crippen LogP contribution in [0.25, 0.3) is 0 Å². The second-order valence-corrected chi connectivity index (χ2v) is 6.02. The van der Waals surface area contributed by atoms with Gasteiger partial charge in [0.25, 0.3) is 5.91 Å². The number of anilines is 1. The van der Waals surface area contributed by atoms with E-state index in [2.05, 4.69) is 18.8 Å². The largest absolute Gasteiger partial charge is 0.489 e. The molecular weight excluding hydrogens is 314 g/mol. The average molecular weight is 339 g/mol. The zero-order valence-electron chi connectivity index (χ0n) is 15.0. The molecule has 2 aromatic rings. The molecule has 0 aliphatic rings. The highest BCUT2D eigenvalue weighted by molar-refractivity contribution is 5.94. The first-order chi connectivity index (χ1) is 12.0. The minimum absolute atomic E-state index is 0.199. The number of rotatable bonds is 8. The van der Waals surface area contributed by atoms with E-state index in [0.29, 0.717) is 18.0 Å². The molecule has 0 aliphatic heterocycles. The first kappa shape index (κ1) is 18.6. The van der Waals surface area contributed by atoms with Gasteiger partial charge in [-0.15, -0.1) is 0 Å². The summed E-state index contributed by atoms with van der Waals surface area (Å²) in [5, 5.41) is 2.84. The summed E-state index contributed by atoms with van der Waals surface area (Å²) in [7, 11) is 0. The topological polar surface area (TPSA) is 47.6 Å². The molecule has 0 saturated carbocycles. The Kier molecular flexibility index (Phi) is 6.63. The molecule has 1 N–H and O–H groups in total. The van der Waals surface area contributed by atoms with Crippen LogP contribution in [0.1, 0.15) is 26.3 Å². The lowest BCUT2D eigenvalue weighted by atomic mass is 10.2. The Bertz CT molecular complexity index is 705. The summed E-state index contributed by atoms with van der Waals surface area (Å²) < 4.78 is 11.2. The van der Waals surface area contributed by atoms with Crippen molar-refractivity contribution in [3.8, 4) is 11.5 Å². The van der Waals surface area contributed by atoms with Gasteiger partial charge in [-0.1, -0.05) is 25.6 Å². The highest BCUT2D eigenvalue weighted by Gasteiger charge is 2.15. The van der Waals surface area contributed by atoms with Crippen molar-refractivity contribution in [2.45, 2.75) is 33.3 Å². The number of aryl methyl sites for hydroxylation is 1. The fraction of sp³-hybridized carbons (Fsp3) is 0.286. The van der Waals surface area contributed by atoms with Crippen LogP contribution in [0.2, 0.25) is 0 Å². The van der Waals surface area contributed by atoms with Crippen LogP contribution in [0.4, 0.5) is 5.69 Å². The Hall–Kier alpha value is -2.75. The number of carbonyl (C=O) groups is 1. The molecule has 0 aromatic heterocycles. The van der Waals surface area contributed by atoms with E-state index in [9.17, 15) is 4.79 Å². The maximum Gasteiger partial charge on any atom is 0.265 e. The molecule has 132 valence electrons. The summed E-state index contributed by atoms with van der Waals surface area (Å²) >= 11 is 0. The lowest BCUT2D eigenvalue weighted by Gasteiger charge is -2.15. The Morgan fingerprint density at radius 1 is 1.08 bits per heavy atom. The van der Waals surface area contributed by atoms with Gasteiger partial charge in [-0.2, -0.15) is 0 Å². The normalized spacial score (nSPS) is 11.5. The van der Waals surface area contributed by atoms with Gasteiger partial charge < -0.3 is 14.8 Å². The number of hydrogen-bond acceptors (Lipinski definition) is 3. The van der Waals surface area contributed by atoms with E-state index in [4.69, 9.17) is 9.47 Å². The molecular formula is C21H25NO3. The Morgan fingerprint density at radius 3 is 2.24 bits per heavy atom. The van der Waals surface area contributed by atoms with Crippen LogP contribution in [-0.2, 0) is 11.2 Å². The van der Waals surface area contributed by atoms with Gasteiger partial charge >= 0.3 is 0 Å². The van der Waals surface area contributed by atoms with E-state index in [-0.39, 0.29) is 5.91 Å². The van der Waals surface area contributed by atoms with Crippen LogP contribution in [0, 0.1) is 0 Å². The fourth-order valence-electron chi connectivity index (χ4n) is 2.15. The number of nitrogens with one attached hydrogen (secondary N) is 1. The fourth-order valence-corrected chi connectivity index (χ4v) is 2.15. The molecule has 1 atom stereocenters. The third kappa shape index (κ3) is 5.99. The molecule has 0 saturated heterocycles. The van der Waals surface area contributed by atoms with Crippen molar-refractivity contribution in [3.63, 3.8) is 0 Å². The lowest BCUT2D eigenvalue weighted by molar-refractivity contribution is -0.122. The summed E-state index contributed by atoms with van der Waals surface area (Å²) in [4.78, 5) is 12.3.